The second-order valence-corrected chi connectivity index (χ2v) is 7.01. The summed E-state index contributed by atoms with van der Waals surface area (Å²) < 4.78 is 10.5. The van der Waals surface area contributed by atoms with Crippen LogP contribution in [0.1, 0.15) is 5.56 Å². The van der Waals surface area contributed by atoms with Gasteiger partial charge in [0, 0.05) is 12.6 Å². The molecule has 2 unspecified atom stereocenters. The summed E-state index contributed by atoms with van der Waals surface area (Å²) in [6.45, 7) is 0.166. The third kappa shape index (κ3) is 3.79. The number of benzene rings is 2. The molecule has 2 aliphatic heterocycles. The summed E-state index contributed by atoms with van der Waals surface area (Å²) >= 11 is 0. The van der Waals surface area contributed by atoms with Gasteiger partial charge in [-0.25, -0.2) is 4.90 Å². The van der Waals surface area contributed by atoms with Gasteiger partial charge in [-0.3, -0.25) is 19.4 Å². The number of imide groups is 1. The van der Waals surface area contributed by atoms with Crippen LogP contribution in [0.5, 0.6) is 11.5 Å². The molecule has 10 nitrogen and oxygen atoms in total. The van der Waals surface area contributed by atoms with Crippen LogP contribution in [0.25, 0.3) is 0 Å². The van der Waals surface area contributed by atoms with Crippen molar-refractivity contribution in [1.82, 2.24) is 10.3 Å². The van der Waals surface area contributed by atoms with E-state index in [0.717, 1.165) is 10.5 Å². The molecule has 1 fully saturated rings. The molecule has 160 valence electrons. The van der Waals surface area contributed by atoms with Crippen LogP contribution >= 0.6 is 0 Å². The zero-order valence-electron chi connectivity index (χ0n) is 17.0. The van der Waals surface area contributed by atoms with Crippen LogP contribution in [0.2, 0.25) is 0 Å². The molecule has 2 heterocycles. The number of nitrogens with zero attached hydrogens (tertiary/aromatic N) is 4. The summed E-state index contributed by atoms with van der Waals surface area (Å²) in [5.41, 5.74) is 1.29. The third-order valence-corrected chi connectivity index (χ3v) is 5.12. The maximum Gasteiger partial charge on any atom is 0.263 e. The highest BCUT2D eigenvalue weighted by molar-refractivity contribution is 6.25. The highest BCUT2D eigenvalue weighted by Crippen LogP contribution is 2.36. The predicted molar refractivity (Wildman–Crippen MR) is 109 cm³/mol. The average Bonchev–Trinajstić information content (AvgIpc) is 3.31. The summed E-state index contributed by atoms with van der Waals surface area (Å²) in [5.74, 6) is -0.465. The van der Waals surface area contributed by atoms with E-state index in [4.69, 9.17) is 9.47 Å². The fourth-order valence-corrected chi connectivity index (χ4v) is 3.57. The highest BCUT2D eigenvalue weighted by Gasteiger charge is 2.55. The maximum atomic E-state index is 13.1. The molecule has 2 aromatic carbocycles. The molecule has 0 aromatic heterocycles. The minimum absolute atomic E-state index is 0.184. The van der Waals surface area contributed by atoms with E-state index in [-0.39, 0.29) is 12.5 Å². The van der Waals surface area contributed by atoms with Crippen LogP contribution in [-0.2, 0) is 20.9 Å². The van der Waals surface area contributed by atoms with Crippen LogP contribution < -0.4 is 19.7 Å². The number of rotatable bonds is 7. The van der Waals surface area contributed by atoms with Crippen molar-refractivity contribution in [2.24, 2.45) is 10.3 Å². The fourth-order valence-electron chi connectivity index (χ4n) is 3.57. The molecule has 2 aromatic rings. The second kappa shape index (κ2) is 8.42. The van der Waals surface area contributed by atoms with Gasteiger partial charge in [0.05, 0.1) is 19.9 Å². The van der Waals surface area contributed by atoms with Crippen molar-refractivity contribution in [2.75, 3.05) is 25.7 Å². The average molecular weight is 423 g/mol. The number of ether oxygens (including phenoxy) is 2. The highest BCUT2D eigenvalue weighted by atomic mass is 16.5. The quantitative estimate of drug-likeness (QED) is 0.672. The Kier molecular flexibility index (Phi) is 5.52. The molecule has 0 radical (unpaired) electrons. The summed E-state index contributed by atoms with van der Waals surface area (Å²) in [6, 6.07) is 12.3. The summed E-state index contributed by atoms with van der Waals surface area (Å²) in [5, 5.41) is 11.9. The van der Waals surface area contributed by atoms with Crippen molar-refractivity contribution >= 4 is 23.4 Å². The van der Waals surface area contributed by atoms with Crippen LogP contribution in [0, 0.1) is 0 Å². The Labute approximate surface area is 178 Å². The van der Waals surface area contributed by atoms with Crippen LogP contribution in [0.4, 0.5) is 5.69 Å². The van der Waals surface area contributed by atoms with Crippen LogP contribution in [0.15, 0.2) is 58.9 Å². The van der Waals surface area contributed by atoms with Gasteiger partial charge in [-0.15, -0.1) is 0 Å². The van der Waals surface area contributed by atoms with E-state index in [1.54, 1.807) is 18.2 Å². The number of hydrogen-bond acceptors (Lipinski definition) is 8. The first-order chi connectivity index (χ1) is 15.0. The van der Waals surface area contributed by atoms with E-state index >= 15 is 0 Å². The van der Waals surface area contributed by atoms with Crippen molar-refractivity contribution in [3.8, 4) is 11.5 Å². The van der Waals surface area contributed by atoms with E-state index in [2.05, 4.69) is 15.7 Å². The lowest BCUT2D eigenvalue weighted by molar-refractivity contribution is -0.125. The van der Waals surface area contributed by atoms with Gasteiger partial charge in [-0.2, -0.15) is 5.11 Å². The lowest BCUT2D eigenvalue weighted by Crippen LogP contribution is -2.44. The molecule has 10 heteroatoms. The van der Waals surface area contributed by atoms with Gasteiger partial charge in [0.25, 0.3) is 11.8 Å². The molecule has 4 rings (SSSR count). The van der Waals surface area contributed by atoms with Gasteiger partial charge < -0.3 is 14.8 Å². The monoisotopic (exact) mass is 423 g/mol. The first kappa shape index (κ1) is 20.3. The minimum Gasteiger partial charge on any atom is -0.493 e. The number of methoxy groups -OCH3 is 2. The standard InChI is InChI=1S/C21H21N5O5/c1-30-15-9-8-14(10-16(15)31-2)26-20(28)18-19(21(26)29)25(24-23-18)12-17(27)22-11-13-6-4-3-5-7-13/h3-10,18-19H,11-12H2,1-2H3,(H,22,27). The van der Waals surface area contributed by atoms with E-state index in [0.29, 0.717) is 23.7 Å². The molecule has 2 aliphatic rings. The molecule has 0 spiro atoms. The van der Waals surface area contributed by atoms with Crippen molar-refractivity contribution in [1.29, 1.82) is 0 Å². The van der Waals surface area contributed by atoms with Gasteiger partial charge >= 0.3 is 0 Å². The van der Waals surface area contributed by atoms with Gasteiger partial charge in [0.1, 0.15) is 6.54 Å². The zero-order valence-corrected chi connectivity index (χ0v) is 17.0. The molecule has 0 aliphatic carbocycles. The molecule has 1 saturated heterocycles. The topological polar surface area (TPSA) is 113 Å². The smallest absolute Gasteiger partial charge is 0.263 e. The maximum absolute atomic E-state index is 13.1. The Hall–Kier alpha value is -3.95. The van der Waals surface area contributed by atoms with E-state index in [1.807, 2.05) is 30.3 Å². The zero-order chi connectivity index (χ0) is 22.0. The van der Waals surface area contributed by atoms with Crippen LogP contribution in [-0.4, -0.2) is 55.6 Å². The van der Waals surface area contributed by atoms with Crippen molar-refractivity contribution in [2.45, 2.75) is 18.6 Å². The SMILES string of the molecule is COc1ccc(N2C(=O)C3N=NN(CC(=O)NCc4ccccc4)C3C2=O)cc1OC. The lowest BCUT2D eigenvalue weighted by atomic mass is 10.1. The van der Waals surface area contributed by atoms with Crippen LogP contribution in [0.3, 0.4) is 0 Å². The Morgan fingerprint density at radius 2 is 1.77 bits per heavy atom. The number of amides is 3. The summed E-state index contributed by atoms with van der Waals surface area (Å²) in [6.07, 6.45) is 0. The van der Waals surface area contributed by atoms with Gasteiger partial charge in [0.2, 0.25) is 5.91 Å². The predicted octanol–water partition coefficient (Wildman–Crippen LogP) is 1.31. The first-order valence-electron chi connectivity index (χ1n) is 9.61. The molecular weight excluding hydrogens is 402 g/mol. The lowest BCUT2D eigenvalue weighted by Gasteiger charge is -2.20. The molecule has 0 bridgehead atoms. The van der Waals surface area contributed by atoms with Crippen molar-refractivity contribution in [3.05, 3.63) is 54.1 Å². The number of carbonyl (C=O) groups excluding carboxylic acids is 3. The van der Waals surface area contributed by atoms with Crippen molar-refractivity contribution < 1.29 is 23.9 Å². The second-order valence-electron chi connectivity index (χ2n) is 7.01. The first-order valence-corrected chi connectivity index (χ1v) is 9.61. The molecule has 0 saturated carbocycles. The summed E-state index contributed by atoms with van der Waals surface area (Å²) in [7, 11) is 2.96. The number of nitrogens with one attached hydrogen (secondary N) is 1. The third-order valence-electron chi connectivity index (χ3n) is 5.12. The van der Waals surface area contributed by atoms with E-state index in [9.17, 15) is 14.4 Å². The largest absolute Gasteiger partial charge is 0.493 e. The molecule has 1 N–H and O–H groups in total. The Balaban J connectivity index is 1.46. The number of anilines is 1. The number of fused-ring (bicyclic) bond motifs is 1. The molecule has 2 atom stereocenters. The van der Waals surface area contributed by atoms with Gasteiger partial charge in [0.15, 0.2) is 23.6 Å². The summed E-state index contributed by atoms with van der Waals surface area (Å²) in [4.78, 5) is 39.3. The van der Waals surface area contributed by atoms with Gasteiger partial charge in [-0.05, 0) is 17.7 Å². The fraction of sp³-hybridized carbons (Fsp3) is 0.286. The number of carbonyl (C=O) groups is 3. The van der Waals surface area contributed by atoms with Gasteiger partial charge in [-0.1, -0.05) is 35.6 Å². The molecule has 3 amide bonds. The Bertz CT molecular complexity index is 1040. The van der Waals surface area contributed by atoms with E-state index < -0.39 is 23.9 Å². The van der Waals surface area contributed by atoms with Crippen molar-refractivity contribution in [3.63, 3.8) is 0 Å². The molecule has 31 heavy (non-hydrogen) atoms. The Morgan fingerprint density at radius 3 is 2.48 bits per heavy atom. The minimum atomic E-state index is -0.984. The Morgan fingerprint density at radius 1 is 1.03 bits per heavy atom. The van der Waals surface area contributed by atoms with E-state index in [1.165, 1.54) is 19.2 Å². The normalized spacial score (nSPS) is 19.5. The number of hydrogen-bond donors (Lipinski definition) is 1. The molecular formula is C21H21N5O5.